The Labute approximate surface area is 156 Å². The van der Waals surface area contributed by atoms with Gasteiger partial charge >= 0.3 is 5.97 Å². The molecule has 1 aromatic carbocycles. The zero-order chi connectivity index (χ0) is 18.8. The molecular weight excluding hydrogens is 324 g/mol. The van der Waals surface area contributed by atoms with Crippen LogP contribution in [0, 0.1) is 27.7 Å². The molecule has 0 amide bonds. The number of aromatic carboxylic acids is 1. The van der Waals surface area contributed by atoms with Crippen molar-refractivity contribution in [2.45, 2.75) is 72.5 Å². The highest BCUT2D eigenvalue weighted by atomic mass is 16.4. The molecule has 0 bridgehead atoms. The third-order valence-electron chi connectivity index (χ3n) is 5.88. The molecule has 1 fully saturated rings. The molecule has 0 spiro atoms. The lowest BCUT2D eigenvalue weighted by Gasteiger charge is -2.14. The fourth-order valence-corrected chi connectivity index (χ4v) is 4.20. The summed E-state index contributed by atoms with van der Waals surface area (Å²) < 4.78 is 2.16. The summed E-state index contributed by atoms with van der Waals surface area (Å²) in [5.41, 5.74) is 7.04. The van der Waals surface area contributed by atoms with E-state index in [2.05, 4.69) is 48.9 Å². The SMILES string of the molecule is Cc1ccc(C)c(Cn2c(C)c(CNC3CCCC3)c(C(=O)O)c2C)c1. The van der Waals surface area contributed by atoms with E-state index >= 15 is 0 Å². The maximum absolute atomic E-state index is 11.9. The molecule has 0 saturated heterocycles. The zero-order valence-corrected chi connectivity index (χ0v) is 16.4. The molecule has 3 rings (SSSR count). The number of hydrogen-bond donors (Lipinski definition) is 2. The lowest BCUT2D eigenvalue weighted by molar-refractivity contribution is 0.0694. The Bertz CT molecular complexity index is 814. The van der Waals surface area contributed by atoms with Crippen molar-refractivity contribution in [3.63, 3.8) is 0 Å². The van der Waals surface area contributed by atoms with E-state index in [-0.39, 0.29) is 0 Å². The fraction of sp³-hybridized carbons (Fsp3) is 0.500. The quantitative estimate of drug-likeness (QED) is 0.803. The minimum atomic E-state index is -0.825. The van der Waals surface area contributed by atoms with E-state index in [1.165, 1.54) is 42.4 Å². The topological polar surface area (TPSA) is 54.3 Å². The van der Waals surface area contributed by atoms with E-state index in [9.17, 15) is 9.90 Å². The largest absolute Gasteiger partial charge is 0.478 e. The van der Waals surface area contributed by atoms with E-state index < -0.39 is 5.97 Å². The van der Waals surface area contributed by atoms with E-state index in [0.717, 1.165) is 23.5 Å². The average molecular weight is 354 g/mol. The van der Waals surface area contributed by atoms with Crippen molar-refractivity contribution >= 4 is 5.97 Å². The molecule has 4 nitrogen and oxygen atoms in total. The Morgan fingerprint density at radius 3 is 2.50 bits per heavy atom. The molecule has 0 radical (unpaired) electrons. The number of benzene rings is 1. The van der Waals surface area contributed by atoms with Crippen LogP contribution in [0.3, 0.4) is 0 Å². The van der Waals surface area contributed by atoms with Gasteiger partial charge in [-0.1, -0.05) is 36.6 Å². The normalized spacial score (nSPS) is 14.9. The summed E-state index contributed by atoms with van der Waals surface area (Å²) in [5.74, 6) is -0.825. The number of hydrogen-bond acceptors (Lipinski definition) is 2. The fourth-order valence-electron chi connectivity index (χ4n) is 4.20. The predicted molar refractivity (Wildman–Crippen MR) is 105 cm³/mol. The summed E-state index contributed by atoms with van der Waals surface area (Å²) in [4.78, 5) is 11.9. The van der Waals surface area contributed by atoms with E-state index in [1.54, 1.807) is 0 Å². The van der Waals surface area contributed by atoms with Crippen molar-refractivity contribution in [1.29, 1.82) is 0 Å². The number of aryl methyl sites for hydroxylation is 2. The van der Waals surface area contributed by atoms with Gasteiger partial charge < -0.3 is 15.0 Å². The van der Waals surface area contributed by atoms with E-state index in [4.69, 9.17) is 0 Å². The second-order valence-corrected chi connectivity index (χ2v) is 7.71. The Morgan fingerprint density at radius 2 is 1.85 bits per heavy atom. The van der Waals surface area contributed by atoms with Crippen molar-refractivity contribution in [1.82, 2.24) is 9.88 Å². The summed E-state index contributed by atoms with van der Waals surface area (Å²) in [5, 5.41) is 13.4. The third-order valence-corrected chi connectivity index (χ3v) is 5.88. The maximum atomic E-state index is 11.9. The van der Waals surface area contributed by atoms with Gasteiger partial charge in [0.25, 0.3) is 0 Å². The first-order valence-electron chi connectivity index (χ1n) is 9.60. The van der Waals surface area contributed by atoms with Crippen LogP contribution in [0.2, 0.25) is 0 Å². The highest BCUT2D eigenvalue weighted by Gasteiger charge is 2.24. The highest BCUT2D eigenvalue weighted by molar-refractivity contribution is 5.91. The van der Waals surface area contributed by atoms with Crippen LogP contribution >= 0.6 is 0 Å². The van der Waals surface area contributed by atoms with Gasteiger partial charge in [0.2, 0.25) is 0 Å². The minimum absolute atomic E-state index is 0.471. The number of aromatic nitrogens is 1. The minimum Gasteiger partial charge on any atom is -0.478 e. The summed E-state index contributed by atoms with van der Waals surface area (Å²) in [7, 11) is 0. The Hall–Kier alpha value is -2.07. The number of nitrogens with one attached hydrogen (secondary N) is 1. The van der Waals surface area contributed by atoms with Crippen LogP contribution in [-0.2, 0) is 13.1 Å². The molecule has 1 aromatic heterocycles. The Kier molecular flexibility index (Phi) is 5.52. The van der Waals surface area contributed by atoms with Crippen LogP contribution in [0.25, 0.3) is 0 Å². The van der Waals surface area contributed by atoms with Gasteiger partial charge in [0.05, 0.1) is 5.56 Å². The number of carboxylic acids is 1. The number of nitrogens with zero attached hydrogens (tertiary/aromatic N) is 1. The molecule has 2 aromatic rings. The highest BCUT2D eigenvalue weighted by Crippen LogP contribution is 2.26. The summed E-state index contributed by atoms with van der Waals surface area (Å²) in [6, 6.07) is 6.98. The predicted octanol–water partition coefficient (Wildman–Crippen LogP) is 4.50. The molecular formula is C22H30N2O2. The first-order valence-corrected chi connectivity index (χ1v) is 9.60. The first kappa shape index (κ1) is 18.7. The first-order chi connectivity index (χ1) is 12.4. The Morgan fingerprint density at radius 1 is 1.15 bits per heavy atom. The monoisotopic (exact) mass is 354 g/mol. The van der Waals surface area contributed by atoms with Gasteiger partial charge in [0, 0.05) is 36.1 Å². The Balaban J connectivity index is 1.93. The molecule has 4 heteroatoms. The third kappa shape index (κ3) is 3.70. The van der Waals surface area contributed by atoms with Gasteiger partial charge in [-0.2, -0.15) is 0 Å². The van der Waals surface area contributed by atoms with Gasteiger partial charge in [-0.05, 0) is 51.7 Å². The van der Waals surface area contributed by atoms with Crippen LogP contribution in [0.15, 0.2) is 18.2 Å². The standard InChI is InChI=1S/C22H30N2O2/c1-14-9-10-15(2)18(11-14)13-24-16(3)20(21(17(24)4)22(25)26)12-23-19-7-5-6-8-19/h9-11,19,23H,5-8,12-13H2,1-4H3,(H,25,26). The van der Waals surface area contributed by atoms with Crippen LogP contribution < -0.4 is 5.32 Å². The van der Waals surface area contributed by atoms with Crippen molar-refractivity contribution in [2.75, 3.05) is 0 Å². The van der Waals surface area contributed by atoms with Crippen LogP contribution in [0.5, 0.6) is 0 Å². The van der Waals surface area contributed by atoms with Gasteiger partial charge in [-0.25, -0.2) is 4.79 Å². The molecule has 1 heterocycles. The van der Waals surface area contributed by atoms with E-state index in [0.29, 0.717) is 18.2 Å². The van der Waals surface area contributed by atoms with Crippen LogP contribution in [0.4, 0.5) is 0 Å². The molecule has 1 aliphatic carbocycles. The van der Waals surface area contributed by atoms with Crippen LogP contribution in [-0.4, -0.2) is 21.7 Å². The maximum Gasteiger partial charge on any atom is 0.337 e. The zero-order valence-electron chi connectivity index (χ0n) is 16.4. The molecule has 140 valence electrons. The second kappa shape index (κ2) is 7.67. The van der Waals surface area contributed by atoms with Gasteiger partial charge in [-0.15, -0.1) is 0 Å². The van der Waals surface area contributed by atoms with Gasteiger partial charge in [0.15, 0.2) is 0 Å². The molecule has 26 heavy (non-hydrogen) atoms. The van der Waals surface area contributed by atoms with Crippen molar-refractivity contribution in [2.24, 2.45) is 0 Å². The molecule has 0 unspecified atom stereocenters. The molecule has 2 N–H and O–H groups in total. The lowest BCUT2D eigenvalue weighted by Crippen LogP contribution is -2.26. The summed E-state index contributed by atoms with van der Waals surface area (Å²) in [6.07, 6.45) is 4.94. The summed E-state index contributed by atoms with van der Waals surface area (Å²) >= 11 is 0. The second-order valence-electron chi connectivity index (χ2n) is 7.71. The smallest absolute Gasteiger partial charge is 0.337 e. The van der Waals surface area contributed by atoms with Crippen molar-refractivity contribution in [3.8, 4) is 0 Å². The van der Waals surface area contributed by atoms with E-state index in [1.807, 2.05) is 6.92 Å². The number of rotatable bonds is 6. The summed E-state index contributed by atoms with van der Waals surface area (Å²) in [6.45, 7) is 9.55. The van der Waals surface area contributed by atoms with Crippen LogP contribution in [0.1, 0.15) is 69.7 Å². The molecule has 1 saturated carbocycles. The number of carbonyl (C=O) groups is 1. The van der Waals surface area contributed by atoms with Crippen molar-refractivity contribution < 1.29 is 9.90 Å². The van der Waals surface area contributed by atoms with Gasteiger partial charge in [0.1, 0.15) is 0 Å². The van der Waals surface area contributed by atoms with Gasteiger partial charge in [-0.3, -0.25) is 0 Å². The molecule has 1 aliphatic rings. The molecule has 0 aliphatic heterocycles. The van der Waals surface area contributed by atoms with Crippen molar-refractivity contribution in [3.05, 3.63) is 57.4 Å². The molecule has 0 atom stereocenters. The average Bonchev–Trinajstić information content (AvgIpc) is 3.18. The number of carboxylic acid groups (broad SMARTS) is 1. The lowest BCUT2D eigenvalue weighted by atomic mass is 10.1.